The van der Waals surface area contributed by atoms with E-state index in [2.05, 4.69) is 31.2 Å². The monoisotopic (exact) mass is 348 g/mol. The number of benzene rings is 2. The highest BCUT2D eigenvalue weighted by Crippen LogP contribution is 2.30. The first-order chi connectivity index (χ1) is 12.1. The van der Waals surface area contributed by atoms with Gasteiger partial charge >= 0.3 is 5.97 Å². The van der Waals surface area contributed by atoms with Crippen molar-refractivity contribution >= 4 is 28.2 Å². The van der Waals surface area contributed by atoms with E-state index < -0.39 is 5.97 Å². The van der Waals surface area contributed by atoms with Crippen molar-refractivity contribution in [3.63, 3.8) is 0 Å². The maximum absolute atomic E-state index is 11.0. The van der Waals surface area contributed by atoms with E-state index in [0.717, 1.165) is 32.7 Å². The summed E-state index contributed by atoms with van der Waals surface area (Å²) in [5, 5.41) is 13.1. The van der Waals surface area contributed by atoms with Gasteiger partial charge in [-0.2, -0.15) is 0 Å². The predicted octanol–water partition coefficient (Wildman–Crippen LogP) is 4.82. The maximum Gasteiger partial charge on any atom is 0.323 e. The van der Waals surface area contributed by atoms with Crippen LogP contribution in [0.25, 0.3) is 32.7 Å². The second-order valence-corrected chi connectivity index (χ2v) is 6.87. The van der Waals surface area contributed by atoms with E-state index in [-0.39, 0.29) is 6.54 Å². The lowest BCUT2D eigenvalue weighted by molar-refractivity contribution is -0.137. The van der Waals surface area contributed by atoms with Crippen LogP contribution in [0.5, 0.6) is 0 Å². The summed E-state index contributed by atoms with van der Waals surface area (Å²) in [5.74, 6) is -0.849. The number of carboxylic acid groups (broad SMARTS) is 1. The SMILES string of the molecule is Cc1ccc(-c2nc(-c3ccc4ccn(CC(=O)O)c4c3)cs2)cc1. The fraction of sp³-hybridized carbons (Fsp3) is 0.100. The topological polar surface area (TPSA) is 55.1 Å². The lowest BCUT2D eigenvalue weighted by Crippen LogP contribution is -2.07. The Kier molecular flexibility index (Phi) is 3.86. The van der Waals surface area contributed by atoms with Gasteiger partial charge in [0.25, 0.3) is 0 Å². The Morgan fingerprint density at radius 2 is 1.88 bits per heavy atom. The number of nitrogens with zero attached hydrogens (tertiary/aromatic N) is 2. The van der Waals surface area contributed by atoms with Crippen LogP contribution in [0.2, 0.25) is 0 Å². The summed E-state index contributed by atoms with van der Waals surface area (Å²) in [5.41, 5.74) is 5.14. The van der Waals surface area contributed by atoms with E-state index >= 15 is 0 Å². The highest BCUT2D eigenvalue weighted by molar-refractivity contribution is 7.13. The molecule has 0 fully saturated rings. The van der Waals surface area contributed by atoms with Crippen LogP contribution < -0.4 is 0 Å². The molecule has 0 spiro atoms. The van der Waals surface area contributed by atoms with Gasteiger partial charge in [0.2, 0.25) is 0 Å². The fourth-order valence-electron chi connectivity index (χ4n) is 2.86. The zero-order valence-electron chi connectivity index (χ0n) is 13.6. The van der Waals surface area contributed by atoms with Gasteiger partial charge in [-0.15, -0.1) is 11.3 Å². The van der Waals surface area contributed by atoms with Gasteiger partial charge in [0.05, 0.1) is 5.69 Å². The zero-order valence-corrected chi connectivity index (χ0v) is 14.5. The molecule has 4 nitrogen and oxygen atoms in total. The summed E-state index contributed by atoms with van der Waals surface area (Å²) < 4.78 is 1.74. The van der Waals surface area contributed by atoms with Crippen molar-refractivity contribution in [2.45, 2.75) is 13.5 Å². The molecule has 4 aromatic rings. The van der Waals surface area contributed by atoms with E-state index in [9.17, 15) is 4.79 Å². The lowest BCUT2D eigenvalue weighted by atomic mass is 10.1. The van der Waals surface area contributed by atoms with Crippen molar-refractivity contribution in [1.82, 2.24) is 9.55 Å². The molecule has 0 saturated carbocycles. The van der Waals surface area contributed by atoms with E-state index in [4.69, 9.17) is 10.1 Å². The van der Waals surface area contributed by atoms with E-state index in [0.29, 0.717) is 0 Å². The summed E-state index contributed by atoms with van der Waals surface area (Å²) in [4.78, 5) is 15.8. The molecule has 0 aliphatic carbocycles. The average molecular weight is 348 g/mol. The van der Waals surface area contributed by atoms with Crippen molar-refractivity contribution in [3.05, 3.63) is 65.7 Å². The Bertz CT molecular complexity index is 1060. The summed E-state index contributed by atoms with van der Waals surface area (Å²) in [6.07, 6.45) is 1.81. The van der Waals surface area contributed by atoms with Crippen molar-refractivity contribution in [2.24, 2.45) is 0 Å². The molecule has 0 aliphatic heterocycles. The number of fused-ring (bicyclic) bond motifs is 1. The molecule has 2 heterocycles. The number of rotatable bonds is 4. The fourth-order valence-corrected chi connectivity index (χ4v) is 3.70. The van der Waals surface area contributed by atoms with E-state index in [1.165, 1.54) is 5.56 Å². The third kappa shape index (κ3) is 3.06. The normalized spacial score (nSPS) is 11.1. The molecule has 0 aliphatic rings. The first-order valence-corrected chi connectivity index (χ1v) is 8.82. The van der Waals surface area contributed by atoms with Crippen LogP contribution in [-0.2, 0) is 11.3 Å². The number of aromatic nitrogens is 2. The molecule has 2 aromatic carbocycles. The third-order valence-electron chi connectivity index (χ3n) is 4.18. The summed E-state index contributed by atoms with van der Waals surface area (Å²) >= 11 is 1.61. The smallest absolute Gasteiger partial charge is 0.323 e. The second kappa shape index (κ2) is 6.18. The van der Waals surface area contributed by atoms with Crippen LogP contribution in [0.4, 0.5) is 0 Å². The summed E-state index contributed by atoms with van der Waals surface area (Å²) in [6, 6.07) is 16.3. The van der Waals surface area contributed by atoms with Crippen molar-refractivity contribution in [3.8, 4) is 21.8 Å². The second-order valence-electron chi connectivity index (χ2n) is 6.01. The number of carbonyl (C=O) groups is 1. The summed E-state index contributed by atoms with van der Waals surface area (Å²) in [7, 11) is 0. The molecule has 0 unspecified atom stereocenters. The minimum absolute atomic E-state index is 0.0430. The van der Waals surface area contributed by atoms with Gasteiger partial charge in [-0.25, -0.2) is 4.98 Å². The van der Waals surface area contributed by atoms with Crippen LogP contribution in [0.1, 0.15) is 5.56 Å². The number of carboxylic acids is 1. The molecule has 2 aromatic heterocycles. The quantitative estimate of drug-likeness (QED) is 0.575. The van der Waals surface area contributed by atoms with Gasteiger partial charge in [0.15, 0.2) is 0 Å². The van der Waals surface area contributed by atoms with Gasteiger partial charge in [-0.3, -0.25) is 4.79 Å². The number of aliphatic carboxylic acids is 1. The van der Waals surface area contributed by atoms with Crippen molar-refractivity contribution < 1.29 is 9.90 Å². The number of hydrogen-bond acceptors (Lipinski definition) is 3. The van der Waals surface area contributed by atoms with Crippen molar-refractivity contribution in [2.75, 3.05) is 0 Å². The van der Waals surface area contributed by atoms with Gasteiger partial charge in [0, 0.05) is 28.2 Å². The van der Waals surface area contributed by atoms with Gasteiger partial charge in [0.1, 0.15) is 11.6 Å². The van der Waals surface area contributed by atoms with Crippen molar-refractivity contribution in [1.29, 1.82) is 0 Å². The molecule has 0 saturated heterocycles. The molecule has 1 N–H and O–H groups in total. The van der Waals surface area contributed by atoms with Crippen LogP contribution >= 0.6 is 11.3 Å². The summed E-state index contributed by atoms with van der Waals surface area (Å²) in [6.45, 7) is 2.02. The molecule has 0 radical (unpaired) electrons. The Balaban J connectivity index is 1.72. The van der Waals surface area contributed by atoms with Crippen LogP contribution in [0, 0.1) is 6.92 Å². The molecule has 0 atom stereocenters. The van der Waals surface area contributed by atoms with Gasteiger partial charge in [-0.1, -0.05) is 42.0 Å². The van der Waals surface area contributed by atoms with Gasteiger partial charge in [-0.05, 0) is 24.4 Å². The van der Waals surface area contributed by atoms with Crippen LogP contribution in [0.3, 0.4) is 0 Å². The standard InChI is InChI=1S/C20H16N2O2S/c1-13-2-4-15(5-3-13)20-21-17(12-25-20)16-7-6-14-8-9-22(11-19(23)24)18(14)10-16/h2-10,12H,11H2,1H3,(H,23,24). The molecule has 124 valence electrons. The largest absolute Gasteiger partial charge is 0.480 e. The number of hydrogen-bond donors (Lipinski definition) is 1. The highest BCUT2D eigenvalue weighted by Gasteiger charge is 2.10. The highest BCUT2D eigenvalue weighted by atomic mass is 32.1. The Morgan fingerprint density at radius 3 is 2.64 bits per heavy atom. The van der Waals surface area contributed by atoms with Gasteiger partial charge < -0.3 is 9.67 Å². The maximum atomic E-state index is 11.0. The number of thiazole rings is 1. The van der Waals surface area contributed by atoms with Crippen LogP contribution in [0.15, 0.2) is 60.1 Å². The minimum atomic E-state index is -0.849. The Labute approximate surface area is 149 Å². The molecule has 5 heteroatoms. The van der Waals surface area contributed by atoms with E-state index in [1.807, 2.05) is 29.6 Å². The molecular formula is C20H16N2O2S. The Hall–Kier alpha value is -2.92. The molecule has 25 heavy (non-hydrogen) atoms. The lowest BCUT2D eigenvalue weighted by Gasteiger charge is -2.03. The predicted molar refractivity (Wildman–Crippen MR) is 101 cm³/mol. The first kappa shape index (κ1) is 15.6. The minimum Gasteiger partial charge on any atom is -0.480 e. The zero-order chi connectivity index (χ0) is 17.4. The third-order valence-corrected chi connectivity index (χ3v) is 5.07. The molecular weight excluding hydrogens is 332 g/mol. The van der Waals surface area contributed by atoms with Crippen LogP contribution in [-0.4, -0.2) is 20.6 Å². The number of aryl methyl sites for hydroxylation is 1. The first-order valence-electron chi connectivity index (χ1n) is 7.94. The molecule has 4 rings (SSSR count). The average Bonchev–Trinajstić information content (AvgIpc) is 3.22. The van der Waals surface area contributed by atoms with E-state index in [1.54, 1.807) is 22.1 Å². The molecule has 0 amide bonds. The Morgan fingerprint density at radius 1 is 1.12 bits per heavy atom. The molecule has 0 bridgehead atoms.